The topological polar surface area (TPSA) is 68.3 Å². The van der Waals surface area contributed by atoms with Crippen molar-refractivity contribution in [3.8, 4) is 0 Å². The van der Waals surface area contributed by atoms with Gasteiger partial charge < -0.3 is 10.1 Å². The third-order valence-electron chi connectivity index (χ3n) is 3.07. The van der Waals surface area contributed by atoms with Crippen LogP contribution in [0.3, 0.4) is 0 Å². The predicted octanol–water partition coefficient (Wildman–Crippen LogP) is 3.00. The van der Waals surface area contributed by atoms with Gasteiger partial charge in [-0.1, -0.05) is 38.1 Å². The molecule has 114 valence electrons. The molecule has 0 aliphatic carbocycles. The molecule has 5 nitrogen and oxygen atoms in total. The summed E-state index contributed by atoms with van der Waals surface area (Å²) in [4.78, 5) is 27.5. The van der Waals surface area contributed by atoms with E-state index in [1.54, 1.807) is 12.1 Å². The Hall–Kier alpha value is -2.69. The maximum Gasteiger partial charge on any atom is 0.357 e. The van der Waals surface area contributed by atoms with Gasteiger partial charge in [0.25, 0.3) is 5.91 Å². The van der Waals surface area contributed by atoms with E-state index in [0.717, 1.165) is 11.3 Å². The first-order valence-electron chi connectivity index (χ1n) is 7.05. The lowest BCUT2D eigenvalue weighted by molar-refractivity contribution is -0.119. The lowest BCUT2D eigenvalue weighted by Crippen LogP contribution is -2.22. The van der Waals surface area contributed by atoms with Crippen LogP contribution in [0.2, 0.25) is 0 Å². The zero-order chi connectivity index (χ0) is 15.9. The van der Waals surface area contributed by atoms with E-state index in [2.05, 4.69) is 10.3 Å². The van der Waals surface area contributed by atoms with Crippen LogP contribution in [0.1, 0.15) is 35.8 Å². The zero-order valence-electron chi connectivity index (χ0n) is 12.6. The number of hydrogen-bond acceptors (Lipinski definition) is 4. The fraction of sp³-hybridized carbons (Fsp3) is 0.235. The second kappa shape index (κ2) is 7.36. The maximum atomic E-state index is 11.9. The highest BCUT2D eigenvalue weighted by molar-refractivity contribution is 5.95. The molecule has 0 aliphatic heterocycles. The lowest BCUT2D eigenvalue weighted by atomic mass is 10.0. The summed E-state index contributed by atoms with van der Waals surface area (Å²) in [7, 11) is 0. The van der Waals surface area contributed by atoms with Crippen molar-refractivity contribution in [1.29, 1.82) is 0 Å². The molecule has 0 aliphatic rings. The average Bonchev–Trinajstić information content (AvgIpc) is 2.53. The number of carbonyl (C=O) groups excluding carboxylic acids is 2. The molecule has 1 N–H and O–H groups in total. The van der Waals surface area contributed by atoms with E-state index < -0.39 is 5.97 Å². The van der Waals surface area contributed by atoms with Gasteiger partial charge in [-0.2, -0.15) is 0 Å². The monoisotopic (exact) mass is 298 g/mol. The van der Waals surface area contributed by atoms with Gasteiger partial charge in [0.1, 0.15) is 5.69 Å². The number of ether oxygens (including phenoxy) is 1. The Bertz CT molecular complexity index is 654. The molecule has 1 amide bonds. The van der Waals surface area contributed by atoms with Crippen molar-refractivity contribution in [2.24, 2.45) is 0 Å². The van der Waals surface area contributed by atoms with Crippen molar-refractivity contribution in [3.63, 3.8) is 0 Å². The number of amides is 1. The molecule has 1 aromatic heterocycles. The highest BCUT2D eigenvalue weighted by atomic mass is 16.5. The first kappa shape index (κ1) is 15.7. The molecule has 0 unspecified atom stereocenters. The quantitative estimate of drug-likeness (QED) is 0.862. The van der Waals surface area contributed by atoms with E-state index in [9.17, 15) is 9.59 Å². The van der Waals surface area contributed by atoms with E-state index in [4.69, 9.17) is 4.74 Å². The molecule has 1 heterocycles. The van der Waals surface area contributed by atoms with Crippen LogP contribution >= 0.6 is 0 Å². The second-order valence-electron chi connectivity index (χ2n) is 5.08. The number of rotatable bonds is 5. The fourth-order valence-corrected chi connectivity index (χ4v) is 1.99. The molecule has 0 saturated carbocycles. The smallest absolute Gasteiger partial charge is 0.357 e. The molecule has 22 heavy (non-hydrogen) atoms. The van der Waals surface area contributed by atoms with Gasteiger partial charge in [-0.05, 0) is 29.7 Å². The van der Waals surface area contributed by atoms with Gasteiger partial charge in [0.2, 0.25) is 0 Å². The van der Waals surface area contributed by atoms with Gasteiger partial charge >= 0.3 is 5.97 Å². The summed E-state index contributed by atoms with van der Waals surface area (Å²) in [5.74, 6) is -0.710. The number of para-hydroxylation sites is 1. The van der Waals surface area contributed by atoms with Gasteiger partial charge in [-0.25, -0.2) is 9.78 Å². The molecule has 0 bridgehead atoms. The molecule has 0 saturated heterocycles. The van der Waals surface area contributed by atoms with Crippen LogP contribution in [0.4, 0.5) is 5.69 Å². The number of esters is 1. The summed E-state index contributed by atoms with van der Waals surface area (Å²) >= 11 is 0. The van der Waals surface area contributed by atoms with Gasteiger partial charge in [0.15, 0.2) is 6.61 Å². The Labute approximate surface area is 129 Å². The molecule has 2 rings (SSSR count). The fourth-order valence-electron chi connectivity index (χ4n) is 1.99. The van der Waals surface area contributed by atoms with Gasteiger partial charge in [-0.3, -0.25) is 4.79 Å². The lowest BCUT2D eigenvalue weighted by Gasteiger charge is -2.13. The summed E-state index contributed by atoms with van der Waals surface area (Å²) in [6, 6.07) is 12.5. The standard InChI is InChI=1S/C17H18N2O3/c1-12(2)13-7-3-4-8-14(13)19-16(20)11-22-17(21)15-9-5-6-10-18-15/h3-10,12H,11H2,1-2H3,(H,19,20). The maximum absolute atomic E-state index is 11.9. The Morgan fingerprint density at radius 1 is 1.14 bits per heavy atom. The molecule has 5 heteroatoms. The minimum absolute atomic E-state index is 0.179. The van der Waals surface area contributed by atoms with Crippen molar-refractivity contribution >= 4 is 17.6 Å². The first-order valence-corrected chi connectivity index (χ1v) is 7.05. The van der Waals surface area contributed by atoms with Crippen LogP contribution < -0.4 is 5.32 Å². The van der Waals surface area contributed by atoms with E-state index in [-0.39, 0.29) is 24.1 Å². The summed E-state index contributed by atoms with van der Waals surface area (Å²) in [6.45, 7) is 3.75. The van der Waals surface area contributed by atoms with E-state index >= 15 is 0 Å². The van der Waals surface area contributed by atoms with Crippen LogP contribution in [-0.2, 0) is 9.53 Å². The molecular formula is C17H18N2O3. The molecule has 0 radical (unpaired) electrons. The number of hydrogen-bond donors (Lipinski definition) is 1. The van der Waals surface area contributed by atoms with Crippen molar-refractivity contribution in [2.75, 3.05) is 11.9 Å². The molecule has 1 aromatic carbocycles. The Balaban J connectivity index is 1.93. The molecule has 0 fully saturated rings. The highest BCUT2D eigenvalue weighted by Crippen LogP contribution is 2.23. The van der Waals surface area contributed by atoms with Gasteiger partial charge in [-0.15, -0.1) is 0 Å². The Morgan fingerprint density at radius 3 is 2.55 bits per heavy atom. The Kier molecular flexibility index (Phi) is 5.25. The third-order valence-corrected chi connectivity index (χ3v) is 3.07. The number of nitrogens with one attached hydrogen (secondary N) is 1. The van der Waals surface area contributed by atoms with Crippen LogP contribution in [0.5, 0.6) is 0 Å². The number of benzene rings is 1. The molecule has 2 aromatic rings. The van der Waals surface area contributed by atoms with Crippen LogP contribution in [-0.4, -0.2) is 23.5 Å². The number of carbonyl (C=O) groups is 2. The Morgan fingerprint density at radius 2 is 1.86 bits per heavy atom. The van der Waals surface area contributed by atoms with E-state index in [0.29, 0.717) is 0 Å². The van der Waals surface area contributed by atoms with Gasteiger partial charge in [0, 0.05) is 11.9 Å². The van der Waals surface area contributed by atoms with E-state index in [1.165, 1.54) is 12.3 Å². The summed E-state index contributed by atoms with van der Waals surface area (Å²) < 4.78 is 4.95. The average molecular weight is 298 g/mol. The van der Waals surface area contributed by atoms with E-state index in [1.807, 2.05) is 38.1 Å². The van der Waals surface area contributed by atoms with Crippen LogP contribution in [0.25, 0.3) is 0 Å². The molecule has 0 atom stereocenters. The number of anilines is 1. The normalized spacial score (nSPS) is 10.3. The van der Waals surface area contributed by atoms with Crippen molar-refractivity contribution in [1.82, 2.24) is 4.98 Å². The number of pyridine rings is 1. The number of nitrogens with zero attached hydrogens (tertiary/aromatic N) is 1. The van der Waals surface area contributed by atoms with Crippen LogP contribution in [0.15, 0.2) is 48.7 Å². The number of aromatic nitrogens is 1. The highest BCUT2D eigenvalue weighted by Gasteiger charge is 2.13. The van der Waals surface area contributed by atoms with Crippen molar-refractivity contribution in [2.45, 2.75) is 19.8 Å². The summed E-state index contributed by atoms with van der Waals surface area (Å²) in [5, 5.41) is 2.76. The zero-order valence-corrected chi connectivity index (χ0v) is 12.6. The first-order chi connectivity index (χ1) is 10.6. The molecular weight excluding hydrogens is 280 g/mol. The third kappa shape index (κ3) is 4.15. The largest absolute Gasteiger partial charge is 0.451 e. The van der Waals surface area contributed by atoms with Crippen molar-refractivity contribution < 1.29 is 14.3 Å². The summed E-state index contributed by atoms with van der Waals surface area (Å²) in [5.41, 5.74) is 1.95. The predicted molar refractivity (Wildman–Crippen MR) is 83.7 cm³/mol. The second-order valence-corrected chi connectivity index (χ2v) is 5.08. The van der Waals surface area contributed by atoms with Crippen molar-refractivity contribution in [3.05, 3.63) is 59.9 Å². The summed E-state index contributed by atoms with van der Waals surface area (Å²) in [6.07, 6.45) is 1.50. The molecule has 0 spiro atoms. The van der Waals surface area contributed by atoms with Gasteiger partial charge in [0.05, 0.1) is 0 Å². The minimum atomic E-state index is -0.618. The van der Waals surface area contributed by atoms with Crippen LogP contribution in [0, 0.1) is 0 Å². The SMILES string of the molecule is CC(C)c1ccccc1NC(=O)COC(=O)c1ccccn1. The minimum Gasteiger partial charge on any atom is -0.451 e.